The van der Waals surface area contributed by atoms with Crippen molar-refractivity contribution >= 4 is 11.6 Å². The van der Waals surface area contributed by atoms with E-state index < -0.39 is 6.10 Å². The van der Waals surface area contributed by atoms with Crippen LogP contribution in [0.2, 0.25) is 5.02 Å². The highest BCUT2D eigenvalue weighted by Crippen LogP contribution is 2.17. The van der Waals surface area contributed by atoms with Crippen LogP contribution in [0.3, 0.4) is 0 Å². The zero-order valence-electron chi connectivity index (χ0n) is 9.07. The van der Waals surface area contributed by atoms with Gasteiger partial charge in [-0.1, -0.05) is 35.9 Å². The van der Waals surface area contributed by atoms with Gasteiger partial charge in [0.25, 0.3) is 0 Å². The van der Waals surface area contributed by atoms with Crippen LogP contribution in [0.1, 0.15) is 24.5 Å². The van der Waals surface area contributed by atoms with Crippen molar-refractivity contribution in [3.05, 3.63) is 47.0 Å². The fourth-order valence-corrected chi connectivity index (χ4v) is 1.99. The molecule has 2 nitrogen and oxygen atoms in total. The number of aliphatic hydroxyl groups is 1. The molecule has 1 aliphatic rings. The predicted octanol–water partition coefficient (Wildman–Crippen LogP) is 2.68. The molecule has 16 heavy (non-hydrogen) atoms. The third-order valence-electron chi connectivity index (χ3n) is 2.86. The molecule has 1 unspecified atom stereocenters. The van der Waals surface area contributed by atoms with Crippen molar-refractivity contribution in [3.8, 4) is 0 Å². The summed E-state index contributed by atoms with van der Waals surface area (Å²) in [5.74, 6) is 0. The summed E-state index contributed by atoms with van der Waals surface area (Å²) in [4.78, 5) is 0. The molecule has 0 radical (unpaired) electrons. The van der Waals surface area contributed by atoms with Crippen LogP contribution in [0.4, 0.5) is 0 Å². The Balaban J connectivity index is 1.82. The fraction of sp³-hybridized carbons (Fsp3) is 0.385. The Morgan fingerprint density at radius 1 is 1.25 bits per heavy atom. The zero-order chi connectivity index (χ0) is 11.4. The monoisotopic (exact) mass is 237 g/mol. The number of hydrogen-bond acceptors (Lipinski definition) is 2. The molecule has 86 valence electrons. The Hall–Kier alpha value is -0.830. The van der Waals surface area contributed by atoms with E-state index in [4.69, 9.17) is 11.6 Å². The first-order valence-corrected chi connectivity index (χ1v) is 5.95. The number of aliphatic hydroxyl groups excluding tert-OH is 1. The summed E-state index contributed by atoms with van der Waals surface area (Å²) in [6.45, 7) is 0.591. The average Bonchev–Trinajstić information content (AvgIpc) is 2.80. The molecule has 0 saturated heterocycles. The maximum Gasteiger partial charge on any atom is 0.0914 e. The van der Waals surface area contributed by atoms with Crippen molar-refractivity contribution in [1.29, 1.82) is 0 Å². The third kappa shape index (κ3) is 3.08. The van der Waals surface area contributed by atoms with Crippen molar-refractivity contribution in [2.75, 3.05) is 6.54 Å². The Kier molecular flexibility index (Phi) is 3.99. The lowest BCUT2D eigenvalue weighted by Crippen LogP contribution is -2.30. The minimum absolute atomic E-state index is 0.460. The Labute approximate surface area is 101 Å². The summed E-state index contributed by atoms with van der Waals surface area (Å²) in [5, 5.41) is 14.0. The molecule has 0 bridgehead atoms. The van der Waals surface area contributed by atoms with Crippen molar-refractivity contribution in [2.24, 2.45) is 0 Å². The minimum atomic E-state index is -0.460. The van der Waals surface area contributed by atoms with Crippen LogP contribution in [-0.4, -0.2) is 17.7 Å². The molecule has 0 aromatic heterocycles. The molecular weight excluding hydrogens is 222 g/mol. The number of hydrogen-bond donors (Lipinski definition) is 2. The summed E-state index contributed by atoms with van der Waals surface area (Å²) >= 11 is 5.79. The minimum Gasteiger partial charge on any atom is -0.387 e. The van der Waals surface area contributed by atoms with E-state index in [1.807, 2.05) is 12.1 Å². The standard InChI is InChI=1S/C13H16ClNO/c14-11-7-5-10(6-8-11)13(16)9-15-12-3-1-2-4-12/h1-2,5-8,12-13,15-16H,3-4,9H2. The largest absolute Gasteiger partial charge is 0.387 e. The van der Waals surface area contributed by atoms with Crippen molar-refractivity contribution < 1.29 is 5.11 Å². The van der Waals surface area contributed by atoms with Crippen LogP contribution in [0.25, 0.3) is 0 Å². The third-order valence-corrected chi connectivity index (χ3v) is 3.11. The van der Waals surface area contributed by atoms with Crippen LogP contribution in [0.5, 0.6) is 0 Å². The van der Waals surface area contributed by atoms with Gasteiger partial charge < -0.3 is 10.4 Å². The van der Waals surface area contributed by atoms with E-state index in [0.717, 1.165) is 18.4 Å². The Morgan fingerprint density at radius 2 is 1.88 bits per heavy atom. The summed E-state index contributed by atoms with van der Waals surface area (Å²) in [6.07, 6.45) is 6.01. The summed E-state index contributed by atoms with van der Waals surface area (Å²) in [5.41, 5.74) is 0.905. The van der Waals surface area contributed by atoms with Gasteiger partial charge in [-0.05, 0) is 30.5 Å². The molecule has 1 aliphatic carbocycles. The fourth-order valence-electron chi connectivity index (χ4n) is 1.86. The second kappa shape index (κ2) is 5.48. The highest BCUT2D eigenvalue weighted by molar-refractivity contribution is 6.30. The van der Waals surface area contributed by atoms with E-state index in [2.05, 4.69) is 17.5 Å². The van der Waals surface area contributed by atoms with Gasteiger partial charge in [0.15, 0.2) is 0 Å². The molecule has 2 N–H and O–H groups in total. The van der Waals surface area contributed by atoms with Gasteiger partial charge in [0.05, 0.1) is 6.10 Å². The molecular formula is C13H16ClNO. The molecule has 0 aliphatic heterocycles. The maximum atomic E-state index is 9.95. The smallest absolute Gasteiger partial charge is 0.0914 e. The van der Waals surface area contributed by atoms with Crippen LogP contribution in [0.15, 0.2) is 36.4 Å². The first kappa shape index (κ1) is 11.6. The van der Waals surface area contributed by atoms with Crippen LogP contribution >= 0.6 is 11.6 Å². The Morgan fingerprint density at radius 3 is 2.50 bits per heavy atom. The molecule has 0 saturated carbocycles. The lowest BCUT2D eigenvalue weighted by molar-refractivity contribution is 0.170. The molecule has 2 rings (SSSR count). The molecule has 0 heterocycles. The highest BCUT2D eigenvalue weighted by Gasteiger charge is 2.12. The van der Waals surface area contributed by atoms with Gasteiger partial charge in [0.2, 0.25) is 0 Å². The van der Waals surface area contributed by atoms with Crippen molar-refractivity contribution in [3.63, 3.8) is 0 Å². The molecule has 1 aromatic rings. The summed E-state index contributed by atoms with van der Waals surface area (Å²) in [7, 11) is 0. The average molecular weight is 238 g/mol. The van der Waals surface area contributed by atoms with Crippen LogP contribution in [0, 0.1) is 0 Å². The molecule has 3 heteroatoms. The van der Waals surface area contributed by atoms with E-state index in [1.54, 1.807) is 12.1 Å². The van der Waals surface area contributed by atoms with Gasteiger partial charge in [-0.25, -0.2) is 0 Å². The lowest BCUT2D eigenvalue weighted by atomic mass is 10.1. The second-order valence-electron chi connectivity index (χ2n) is 4.12. The maximum absolute atomic E-state index is 9.95. The zero-order valence-corrected chi connectivity index (χ0v) is 9.82. The van der Waals surface area contributed by atoms with E-state index in [0.29, 0.717) is 17.6 Å². The van der Waals surface area contributed by atoms with Gasteiger partial charge in [-0.15, -0.1) is 0 Å². The molecule has 1 aromatic carbocycles. The van der Waals surface area contributed by atoms with Gasteiger partial charge in [-0.3, -0.25) is 0 Å². The van der Waals surface area contributed by atoms with Crippen molar-refractivity contribution in [2.45, 2.75) is 25.0 Å². The first-order chi connectivity index (χ1) is 7.75. The van der Waals surface area contributed by atoms with Gasteiger partial charge in [-0.2, -0.15) is 0 Å². The number of nitrogens with one attached hydrogen (secondary N) is 1. The topological polar surface area (TPSA) is 32.3 Å². The summed E-state index contributed by atoms with van der Waals surface area (Å²) in [6, 6.07) is 7.82. The van der Waals surface area contributed by atoms with E-state index in [-0.39, 0.29) is 0 Å². The number of rotatable bonds is 4. The Bertz CT molecular complexity index is 353. The lowest BCUT2D eigenvalue weighted by Gasteiger charge is -2.16. The molecule has 0 fully saturated rings. The highest BCUT2D eigenvalue weighted by atomic mass is 35.5. The molecule has 0 amide bonds. The predicted molar refractivity (Wildman–Crippen MR) is 66.6 cm³/mol. The molecule has 0 spiro atoms. The van der Waals surface area contributed by atoms with E-state index >= 15 is 0 Å². The van der Waals surface area contributed by atoms with Crippen molar-refractivity contribution in [1.82, 2.24) is 5.32 Å². The number of benzene rings is 1. The summed E-state index contributed by atoms with van der Waals surface area (Å²) < 4.78 is 0. The van der Waals surface area contributed by atoms with Gasteiger partial charge >= 0.3 is 0 Å². The molecule has 1 atom stereocenters. The first-order valence-electron chi connectivity index (χ1n) is 5.57. The second-order valence-corrected chi connectivity index (χ2v) is 4.55. The quantitative estimate of drug-likeness (QED) is 0.790. The SMILES string of the molecule is OC(CNC1CC=CC1)c1ccc(Cl)cc1. The normalized spacial score (nSPS) is 17.9. The number of halogens is 1. The van der Waals surface area contributed by atoms with Gasteiger partial charge in [0, 0.05) is 17.6 Å². The van der Waals surface area contributed by atoms with Crippen LogP contribution in [-0.2, 0) is 0 Å². The van der Waals surface area contributed by atoms with E-state index in [9.17, 15) is 5.11 Å². The van der Waals surface area contributed by atoms with E-state index in [1.165, 1.54) is 0 Å². The van der Waals surface area contributed by atoms with Crippen LogP contribution < -0.4 is 5.32 Å². The van der Waals surface area contributed by atoms with Gasteiger partial charge in [0.1, 0.15) is 0 Å².